The van der Waals surface area contributed by atoms with Gasteiger partial charge < -0.3 is 16.0 Å². The predicted octanol–water partition coefficient (Wildman–Crippen LogP) is 3.05. The zero-order chi connectivity index (χ0) is 19.1. The molecular formula is C22H28ClN3O2. The molecule has 5 nitrogen and oxygen atoms in total. The average molecular weight is 402 g/mol. The second-order valence-corrected chi connectivity index (χ2v) is 6.94. The molecular weight excluding hydrogens is 374 g/mol. The molecule has 1 saturated heterocycles. The van der Waals surface area contributed by atoms with E-state index in [2.05, 4.69) is 5.32 Å². The highest BCUT2D eigenvalue weighted by Gasteiger charge is 2.40. The zero-order valence-corrected chi connectivity index (χ0v) is 16.7. The fourth-order valence-electron chi connectivity index (χ4n) is 3.70. The van der Waals surface area contributed by atoms with Crippen molar-refractivity contribution in [3.05, 3.63) is 71.8 Å². The Bertz CT molecular complexity index is 755. The van der Waals surface area contributed by atoms with E-state index in [-0.39, 0.29) is 36.2 Å². The van der Waals surface area contributed by atoms with Crippen LogP contribution in [0.4, 0.5) is 0 Å². The van der Waals surface area contributed by atoms with Gasteiger partial charge in [-0.05, 0) is 30.5 Å². The van der Waals surface area contributed by atoms with Crippen molar-refractivity contribution in [2.24, 2.45) is 11.7 Å². The lowest BCUT2D eigenvalue weighted by atomic mass is 9.83. The molecule has 0 bridgehead atoms. The summed E-state index contributed by atoms with van der Waals surface area (Å²) in [6.07, 6.45) is 1.71. The number of amides is 2. The van der Waals surface area contributed by atoms with Crippen molar-refractivity contribution in [3.63, 3.8) is 0 Å². The zero-order valence-electron chi connectivity index (χ0n) is 15.9. The maximum atomic E-state index is 12.9. The number of piperidine rings is 1. The number of nitrogens with one attached hydrogen (secondary N) is 1. The lowest BCUT2D eigenvalue weighted by molar-refractivity contribution is -0.144. The van der Waals surface area contributed by atoms with Gasteiger partial charge in [0.15, 0.2) is 0 Å². The number of hydrogen-bond acceptors (Lipinski definition) is 3. The van der Waals surface area contributed by atoms with Gasteiger partial charge in [-0.25, -0.2) is 0 Å². The molecule has 2 aromatic carbocycles. The Morgan fingerprint density at radius 2 is 1.71 bits per heavy atom. The molecule has 150 valence electrons. The highest BCUT2D eigenvalue weighted by Crippen LogP contribution is 2.37. The summed E-state index contributed by atoms with van der Waals surface area (Å²) in [5.74, 6) is -0.159. The summed E-state index contributed by atoms with van der Waals surface area (Å²) in [5, 5.41) is 3.00. The minimum atomic E-state index is -0.259. The van der Waals surface area contributed by atoms with Crippen LogP contribution in [0.2, 0.25) is 0 Å². The molecule has 1 aliphatic heterocycles. The number of carbonyl (C=O) groups is 2. The number of nitrogens with two attached hydrogens (primary N) is 1. The molecule has 0 saturated carbocycles. The van der Waals surface area contributed by atoms with Gasteiger partial charge in [0, 0.05) is 19.5 Å². The summed E-state index contributed by atoms with van der Waals surface area (Å²) in [6, 6.07) is 19.5. The third kappa shape index (κ3) is 5.33. The second kappa shape index (κ2) is 10.8. The quantitative estimate of drug-likeness (QED) is 0.700. The summed E-state index contributed by atoms with van der Waals surface area (Å²) < 4.78 is 0. The van der Waals surface area contributed by atoms with Crippen LogP contribution in [-0.2, 0) is 16.1 Å². The van der Waals surface area contributed by atoms with Crippen LogP contribution in [0.5, 0.6) is 0 Å². The molecule has 2 aromatic rings. The van der Waals surface area contributed by atoms with Crippen molar-refractivity contribution in [2.75, 3.05) is 13.1 Å². The van der Waals surface area contributed by atoms with Gasteiger partial charge in [-0.2, -0.15) is 0 Å². The maximum absolute atomic E-state index is 12.9. The number of hydrogen-bond donors (Lipinski definition) is 2. The highest BCUT2D eigenvalue weighted by atomic mass is 35.5. The van der Waals surface area contributed by atoms with E-state index in [4.69, 9.17) is 5.73 Å². The minimum Gasteiger partial charge on any atom is -0.356 e. The van der Waals surface area contributed by atoms with E-state index < -0.39 is 0 Å². The third-order valence-electron chi connectivity index (χ3n) is 5.06. The molecule has 28 heavy (non-hydrogen) atoms. The Morgan fingerprint density at radius 3 is 2.36 bits per heavy atom. The number of likely N-dealkylation sites (tertiary alicyclic amines) is 1. The van der Waals surface area contributed by atoms with Gasteiger partial charge in [-0.1, -0.05) is 60.7 Å². The smallest absolute Gasteiger partial charge is 0.225 e. The molecule has 0 aliphatic carbocycles. The first-order valence-corrected chi connectivity index (χ1v) is 9.57. The lowest BCUT2D eigenvalue weighted by Gasteiger charge is -2.41. The molecule has 6 heteroatoms. The molecule has 2 amide bonds. The molecule has 2 unspecified atom stereocenters. The van der Waals surface area contributed by atoms with E-state index in [9.17, 15) is 9.59 Å². The Labute approximate surface area is 172 Å². The van der Waals surface area contributed by atoms with Gasteiger partial charge in [0.1, 0.15) is 0 Å². The van der Waals surface area contributed by atoms with Gasteiger partial charge in [0.05, 0.1) is 12.0 Å². The summed E-state index contributed by atoms with van der Waals surface area (Å²) in [6.45, 7) is 1.62. The summed E-state index contributed by atoms with van der Waals surface area (Å²) in [5.41, 5.74) is 7.60. The monoisotopic (exact) mass is 401 g/mol. The number of rotatable bonds is 7. The van der Waals surface area contributed by atoms with Crippen LogP contribution < -0.4 is 11.1 Å². The van der Waals surface area contributed by atoms with Crippen LogP contribution in [0.25, 0.3) is 0 Å². The Morgan fingerprint density at radius 1 is 1.07 bits per heavy atom. The van der Waals surface area contributed by atoms with E-state index in [0.29, 0.717) is 32.5 Å². The van der Waals surface area contributed by atoms with Crippen molar-refractivity contribution in [1.82, 2.24) is 10.2 Å². The van der Waals surface area contributed by atoms with Gasteiger partial charge >= 0.3 is 0 Å². The lowest BCUT2D eigenvalue weighted by Crippen LogP contribution is -2.48. The van der Waals surface area contributed by atoms with Crippen molar-refractivity contribution in [1.29, 1.82) is 0 Å². The molecule has 3 rings (SSSR count). The topological polar surface area (TPSA) is 75.4 Å². The Hall–Kier alpha value is -2.37. The molecule has 0 spiro atoms. The SMILES string of the molecule is Cl.NCCCNC(=O)C1CCC(=O)N(Cc2ccccc2)C1c1ccccc1. The summed E-state index contributed by atoms with van der Waals surface area (Å²) in [7, 11) is 0. The fourth-order valence-corrected chi connectivity index (χ4v) is 3.70. The predicted molar refractivity (Wildman–Crippen MR) is 113 cm³/mol. The van der Waals surface area contributed by atoms with Crippen LogP contribution in [-0.4, -0.2) is 29.8 Å². The van der Waals surface area contributed by atoms with E-state index in [1.54, 1.807) is 0 Å². The van der Waals surface area contributed by atoms with Crippen molar-refractivity contribution in [2.45, 2.75) is 31.8 Å². The van der Waals surface area contributed by atoms with E-state index >= 15 is 0 Å². The molecule has 1 aliphatic rings. The standard InChI is InChI=1S/C22H27N3O2.ClH/c23-14-7-15-24-22(27)19-12-13-20(26)25(16-17-8-3-1-4-9-17)21(19)18-10-5-2-6-11-18;/h1-6,8-11,19,21H,7,12-16,23H2,(H,24,27);1H. The molecule has 0 radical (unpaired) electrons. The van der Waals surface area contributed by atoms with Crippen LogP contribution in [0.15, 0.2) is 60.7 Å². The first-order chi connectivity index (χ1) is 13.2. The van der Waals surface area contributed by atoms with Crippen LogP contribution >= 0.6 is 12.4 Å². The van der Waals surface area contributed by atoms with Crippen molar-refractivity contribution < 1.29 is 9.59 Å². The third-order valence-corrected chi connectivity index (χ3v) is 5.06. The summed E-state index contributed by atoms with van der Waals surface area (Å²) >= 11 is 0. The van der Waals surface area contributed by atoms with E-state index in [0.717, 1.165) is 17.5 Å². The van der Waals surface area contributed by atoms with Crippen LogP contribution in [0.3, 0.4) is 0 Å². The van der Waals surface area contributed by atoms with E-state index in [1.807, 2.05) is 65.6 Å². The number of carbonyl (C=O) groups excluding carboxylic acids is 2. The molecule has 0 aromatic heterocycles. The van der Waals surface area contributed by atoms with Gasteiger partial charge in [-0.15, -0.1) is 12.4 Å². The van der Waals surface area contributed by atoms with Crippen molar-refractivity contribution in [3.8, 4) is 0 Å². The fraction of sp³-hybridized carbons (Fsp3) is 0.364. The Balaban J connectivity index is 0.00000280. The second-order valence-electron chi connectivity index (χ2n) is 6.94. The number of benzene rings is 2. The van der Waals surface area contributed by atoms with Gasteiger partial charge in [0.2, 0.25) is 11.8 Å². The highest BCUT2D eigenvalue weighted by molar-refractivity contribution is 5.85. The van der Waals surface area contributed by atoms with Crippen molar-refractivity contribution >= 4 is 24.2 Å². The minimum absolute atomic E-state index is 0. The van der Waals surface area contributed by atoms with Gasteiger partial charge in [-0.3, -0.25) is 9.59 Å². The first kappa shape index (κ1) is 21.9. The molecule has 1 heterocycles. The first-order valence-electron chi connectivity index (χ1n) is 9.57. The van der Waals surface area contributed by atoms with Gasteiger partial charge in [0.25, 0.3) is 0 Å². The Kier molecular flexibility index (Phi) is 8.48. The molecule has 2 atom stereocenters. The number of nitrogens with zero attached hydrogens (tertiary/aromatic N) is 1. The maximum Gasteiger partial charge on any atom is 0.225 e. The van der Waals surface area contributed by atoms with E-state index in [1.165, 1.54) is 0 Å². The van der Waals surface area contributed by atoms with Crippen LogP contribution in [0.1, 0.15) is 36.4 Å². The molecule has 3 N–H and O–H groups in total. The van der Waals surface area contributed by atoms with Crippen LogP contribution in [0, 0.1) is 5.92 Å². The summed E-state index contributed by atoms with van der Waals surface area (Å²) in [4.78, 5) is 27.5. The normalized spacial score (nSPS) is 19.0. The number of halogens is 1. The largest absolute Gasteiger partial charge is 0.356 e. The average Bonchev–Trinajstić information content (AvgIpc) is 2.71. The molecule has 1 fully saturated rings.